The lowest BCUT2D eigenvalue weighted by Gasteiger charge is -2.08. The molecule has 2 rings (SSSR count). The van der Waals surface area contributed by atoms with Gasteiger partial charge < -0.3 is 10.3 Å². The van der Waals surface area contributed by atoms with Crippen molar-refractivity contribution < 1.29 is 17.2 Å². The van der Waals surface area contributed by atoms with Crippen molar-refractivity contribution in [3.63, 3.8) is 0 Å². The predicted molar refractivity (Wildman–Crippen MR) is 69.5 cm³/mol. The molecule has 0 aliphatic heterocycles. The molecule has 0 bridgehead atoms. The molecule has 0 spiro atoms. The van der Waals surface area contributed by atoms with Crippen molar-refractivity contribution in [2.45, 2.75) is 17.1 Å². The molecule has 2 N–H and O–H groups in total. The van der Waals surface area contributed by atoms with E-state index in [0.717, 1.165) is 18.0 Å². The van der Waals surface area contributed by atoms with Gasteiger partial charge in [-0.3, -0.25) is 0 Å². The van der Waals surface area contributed by atoms with Gasteiger partial charge in [-0.15, -0.1) is 0 Å². The summed E-state index contributed by atoms with van der Waals surface area (Å²) in [6.07, 6.45) is 3.85. The van der Waals surface area contributed by atoms with E-state index in [1.54, 1.807) is 17.0 Å². The Labute approximate surface area is 115 Å². The molecule has 1 heterocycles. The summed E-state index contributed by atoms with van der Waals surface area (Å²) in [5, 5.41) is 0. The van der Waals surface area contributed by atoms with Crippen LogP contribution in [0.5, 0.6) is 0 Å². The van der Waals surface area contributed by atoms with Gasteiger partial charge in [0, 0.05) is 24.5 Å². The van der Waals surface area contributed by atoms with Crippen LogP contribution in [0, 0.1) is 0 Å². The third-order valence-corrected chi connectivity index (χ3v) is 4.16. The van der Waals surface area contributed by atoms with Crippen molar-refractivity contribution in [2.24, 2.45) is 5.73 Å². The van der Waals surface area contributed by atoms with Gasteiger partial charge in [0.05, 0.1) is 4.90 Å². The Kier molecular flexibility index (Phi) is 4.15. The minimum Gasteiger partial charge on any atom is -0.330 e. The maximum Gasteiger partial charge on any atom is 0.341 e. The summed E-state index contributed by atoms with van der Waals surface area (Å²) < 4.78 is 49.2. The smallest absolute Gasteiger partial charge is 0.330 e. The van der Waals surface area contributed by atoms with Gasteiger partial charge in [-0.25, -0.2) is 13.4 Å². The van der Waals surface area contributed by atoms with Crippen LogP contribution >= 0.6 is 0 Å². The minimum atomic E-state index is -4.56. The first-order valence-corrected chi connectivity index (χ1v) is 7.36. The number of aromatic nitrogens is 2. The lowest BCUT2D eigenvalue weighted by atomic mass is 10.3. The molecule has 8 heteroatoms. The topological polar surface area (TPSA) is 78.0 Å². The van der Waals surface area contributed by atoms with E-state index in [1.807, 2.05) is 0 Å². The van der Waals surface area contributed by atoms with Crippen LogP contribution in [0.4, 0.5) is 8.78 Å². The van der Waals surface area contributed by atoms with Gasteiger partial charge in [0.15, 0.2) is 0 Å². The van der Waals surface area contributed by atoms with Crippen LogP contribution in [0.1, 0.15) is 5.82 Å². The molecule has 0 saturated heterocycles. The van der Waals surface area contributed by atoms with Crippen molar-refractivity contribution in [2.75, 3.05) is 6.54 Å². The van der Waals surface area contributed by atoms with Crippen LogP contribution in [0.2, 0.25) is 0 Å². The number of sulfone groups is 1. The molecule has 108 valence electrons. The molecule has 0 aliphatic carbocycles. The zero-order valence-electron chi connectivity index (χ0n) is 10.4. The highest BCUT2D eigenvalue weighted by atomic mass is 32.2. The molecular weight excluding hydrogens is 288 g/mol. The molecule has 0 unspecified atom stereocenters. The van der Waals surface area contributed by atoms with Gasteiger partial charge in [0.2, 0.25) is 9.84 Å². The average molecular weight is 301 g/mol. The molecule has 0 radical (unpaired) electrons. The maximum atomic E-state index is 12.4. The van der Waals surface area contributed by atoms with Gasteiger partial charge >= 0.3 is 5.76 Å². The maximum absolute atomic E-state index is 12.4. The summed E-state index contributed by atoms with van der Waals surface area (Å²) in [4.78, 5) is 3.72. The third-order valence-electron chi connectivity index (χ3n) is 2.76. The Morgan fingerprint density at radius 3 is 2.45 bits per heavy atom. The fourth-order valence-electron chi connectivity index (χ4n) is 1.78. The molecule has 0 atom stereocenters. The second-order valence-corrected chi connectivity index (χ2v) is 5.97. The summed E-state index contributed by atoms with van der Waals surface area (Å²) in [5.74, 6) is -2.70. The first kappa shape index (κ1) is 14.6. The molecular formula is C12H13F2N3O2S. The van der Waals surface area contributed by atoms with Gasteiger partial charge in [0.25, 0.3) is 0 Å². The molecule has 0 amide bonds. The van der Waals surface area contributed by atoms with E-state index < -0.39 is 20.5 Å². The summed E-state index contributed by atoms with van der Waals surface area (Å²) in [7, 11) is -4.56. The number of alkyl halides is 2. The summed E-state index contributed by atoms with van der Waals surface area (Å²) in [6, 6.07) is 5.22. The number of nitrogens with two attached hydrogens (primary N) is 1. The molecule has 1 aromatic carbocycles. The lowest BCUT2D eigenvalue weighted by Crippen LogP contribution is -2.12. The largest absolute Gasteiger partial charge is 0.341 e. The van der Waals surface area contributed by atoms with Gasteiger partial charge in [-0.1, -0.05) is 0 Å². The van der Waals surface area contributed by atoms with Crippen molar-refractivity contribution in [1.82, 2.24) is 9.55 Å². The quantitative estimate of drug-likeness (QED) is 0.904. The number of benzene rings is 1. The fourth-order valence-corrected chi connectivity index (χ4v) is 2.50. The SMILES string of the molecule is NCCc1nccn1-c1ccc(S(=O)(=O)C(F)F)cc1. The molecule has 0 saturated carbocycles. The van der Waals surface area contributed by atoms with Gasteiger partial charge in [-0.05, 0) is 30.8 Å². The van der Waals surface area contributed by atoms with Crippen LogP contribution in [0.15, 0.2) is 41.6 Å². The lowest BCUT2D eigenvalue weighted by molar-refractivity contribution is 0.234. The first-order valence-electron chi connectivity index (χ1n) is 5.81. The average Bonchev–Trinajstić information content (AvgIpc) is 2.87. The van der Waals surface area contributed by atoms with Crippen molar-refractivity contribution >= 4 is 9.84 Å². The molecule has 0 fully saturated rings. The highest BCUT2D eigenvalue weighted by Crippen LogP contribution is 2.20. The van der Waals surface area contributed by atoms with Gasteiger partial charge in [-0.2, -0.15) is 8.78 Å². The monoisotopic (exact) mass is 301 g/mol. The third kappa shape index (κ3) is 2.70. The zero-order valence-corrected chi connectivity index (χ0v) is 11.2. The van der Waals surface area contributed by atoms with E-state index in [9.17, 15) is 17.2 Å². The number of rotatable bonds is 5. The van der Waals surface area contributed by atoms with E-state index in [1.165, 1.54) is 12.1 Å². The molecule has 1 aromatic heterocycles. The highest BCUT2D eigenvalue weighted by Gasteiger charge is 2.26. The van der Waals surface area contributed by atoms with Crippen LogP contribution in [0.3, 0.4) is 0 Å². The number of halogens is 2. The van der Waals surface area contributed by atoms with Crippen LogP contribution in [-0.4, -0.2) is 30.3 Å². The first-order chi connectivity index (χ1) is 9.46. The number of hydrogen-bond donors (Lipinski definition) is 1. The second kappa shape index (κ2) is 5.68. The zero-order chi connectivity index (χ0) is 14.8. The summed E-state index contributed by atoms with van der Waals surface area (Å²) in [5.41, 5.74) is 6.10. The van der Waals surface area contributed by atoms with Crippen molar-refractivity contribution in [3.05, 3.63) is 42.5 Å². The van der Waals surface area contributed by atoms with E-state index in [4.69, 9.17) is 5.73 Å². The Bertz CT molecular complexity index is 681. The predicted octanol–water partition coefficient (Wildman–Crippen LogP) is 1.37. The van der Waals surface area contributed by atoms with Crippen molar-refractivity contribution in [3.8, 4) is 5.69 Å². The van der Waals surface area contributed by atoms with E-state index in [2.05, 4.69) is 4.98 Å². The van der Waals surface area contributed by atoms with Crippen LogP contribution < -0.4 is 5.73 Å². The van der Waals surface area contributed by atoms with E-state index in [-0.39, 0.29) is 0 Å². The summed E-state index contributed by atoms with van der Waals surface area (Å²) >= 11 is 0. The van der Waals surface area contributed by atoms with Crippen molar-refractivity contribution in [1.29, 1.82) is 0 Å². The molecule has 0 aliphatic rings. The fraction of sp³-hybridized carbons (Fsp3) is 0.250. The highest BCUT2D eigenvalue weighted by molar-refractivity contribution is 7.91. The molecule has 20 heavy (non-hydrogen) atoms. The Morgan fingerprint density at radius 1 is 1.25 bits per heavy atom. The van der Waals surface area contributed by atoms with Gasteiger partial charge in [0.1, 0.15) is 5.82 Å². The van der Waals surface area contributed by atoms with Crippen LogP contribution in [-0.2, 0) is 16.3 Å². The standard InChI is InChI=1S/C12H13F2N3O2S/c13-12(14)20(18,19)10-3-1-9(2-4-10)17-8-7-16-11(17)5-6-15/h1-4,7-8,12H,5-6,15H2. The summed E-state index contributed by atoms with van der Waals surface area (Å²) in [6.45, 7) is 0.425. The molecule has 2 aromatic rings. The number of hydrogen-bond acceptors (Lipinski definition) is 4. The normalized spacial score (nSPS) is 12.0. The van der Waals surface area contributed by atoms with E-state index in [0.29, 0.717) is 18.7 Å². The number of imidazole rings is 1. The Morgan fingerprint density at radius 2 is 1.90 bits per heavy atom. The minimum absolute atomic E-state index is 0.406. The Hall–Kier alpha value is -1.80. The second-order valence-electron chi connectivity index (χ2n) is 4.05. The molecule has 5 nitrogen and oxygen atoms in total. The van der Waals surface area contributed by atoms with E-state index >= 15 is 0 Å². The number of nitrogens with zero attached hydrogens (tertiary/aromatic N) is 2. The van der Waals surface area contributed by atoms with Crippen LogP contribution in [0.25, 0.3) is 5.69 Å². The Balaban J connectivity index is 2.36.